The monoisotopic (exact) mass is 768 g/mol. The normalized spacial score (nSPS) is 11.0. The van der Waals surface area contributed by atoms with E-state index in [2.05, 4.69) is 120 Å². The molecule has 60 heavy (non-hydrogen) atoms. The lowest BCUT2D eigenvalue weighted by atomic mass is 9.97. The first-order valence-electron chi connectivity index (χ1n) is 19.8. The fourth-order valence-electron chi connectivity index (χ4n) is 7.30. The second kappa shape index (κ2) is 16.3. The van der Waals surface area contributed by atoms with Crippen LogP contribution < -0.4 is 0 Å². The van der Waals surface area contributed by atoms with Gasteiger partial charge in [-0.2, -0.15) is 0 Å². The summed E-state index contributed by atoms with van der Waals surface area (Å²) < 4.78 is 0. The minimum absolute atomic E-state index is 0.632. The first kappa shape index (κ1) is 36.1. The Kier molecular flexibility index (Phi) is 9.84. The molecule has 0 saturated carbocycles. The van der Waals surface area contributed by atoms with Crippen LogP contribution in [0.1, 0.15) is 0 Å². The number of pyridine rings is 3. The maximum absolute atomic E-state index is 5.05. The Morgan fingerprint density at radius 3 is 1.12 bits per heavy atom. The van der Waals surface area contributed by atoms with Gasteiger partial charge in [-0.3, -0.25) is 9.97 Å². The van der Waals surface area contributed by atoms with E-state index in [0.29, 0.717) is 17.5 Å². The van der Waals surface area contributed by atoms with Crippen molar-refractivity contribution in [3.05, 3.63) is 219 Å². The van der Waals surface area contributed by atoms with Gasteiger partial charge in [0.25, 0.3) is 0 Å². The number of hydrogen-bond acceptors (Lipinski definition) is 6. The first-order chi connectivity index (χ1) is 29.7. The molecule has 0 fully saturated rings. The molecule has 0 spiro atoms. The molecule has 10 rings (SSSR count). The Hall–Kier alpha value is -8.22. The van der Waals surface area contributed by atoms with Crippen LogP contribution in [0.15, 0.2) is 219 Å². The van der Waals surface area contributed by atoms with Crippen molar-refractivity contribution in [3.8, 4) is 101 Å². The summed E-state index contributed by atoms with van der Waals surface area (Å²) in [7, 11) is 0. The summed E-state index contributed by atoms with van der Waals surface area (Å²) in [6.07, 6.45) is 3.72. The van der Waals surface area contributed by atoms with Crippen LogP contribution in [0.4, 0.5) is 0 Å². The van der Waals surface area contributed by atoms with Gasteiger partial charge in [-0.05, 0) is 75.3 Å². The smallest absolute Gasteiger partial charge is 0.164 e. The van der Waals surface area contributed by atoms with Gasteiger partial charge in [0.1, 0.15) is 0 Å². The zero-order chi connectivity index (χ0) is 40.1. The minimum atomic E-state index is 0.632. The fourth-order valence-corrected chi connectivity index (χ4v) is 7.30. The molecule has 6 heteroatoms. The molecule has 282 valence electrons. The highest BCUT2D eigenvalue weighted by atomic mass is 15.0. The largest absolute Gasteiger partial charge is 0.255 e. The van der Waals surface area contributed by atoms with E-state index in [-0.39, 0.29) is 0 Å². The molecule has 0 bridgehead atoms. The molecule has 0 amide bonds. The highest BCUT2D eigenvalue weighted by molar-refractivity contribution is 5.79. The molecule has 0 unspecified atom stereocenters. The van der Waals surface area contributed by atoms with Gasteiger partial charge >= 0.3 is 0 Å². The lowest BCUT2D eigenvalue weighted by Crippen LogP contribution is -2.00. The van der Waals surface area contributed by atoms with Crippen LogP contribution in [-0.4, -0.2) is 29.9 Å². The summed E-state index contributed by atoms with van der Waals surface area (Å²) in [6.45, 7) is 0. The molecule has 0 saturated heterocycles. The standard InChI is InChI=1S/C54H36N6/c1-4-13-37(14-5-1)44-19-12-20-45(33-44)47-34-50(48-21-10-11-32-55-48)57-51(35-47)49-31-30-46(36-56-49)40-24-22-38(23-25-40)39-26-28-43(29-27-39)54-59-52(41-15-6-2-7-16-41)58-53(60-54)42-17-8-3-9-18-42/h1-36H. The van der Waals surface area contributed by atoms with E-state index in [1.54, 1.807) is 6.20 Å². The molecule has 4 heterocycles. The van der Waals surface area contributed by atoms with Gasteiger partial charge in [-0.15, -0.1) is 0 Å². The molecule has 0 aliphatic carbocycles. The van der Waals surface area contributed by atoms with Crippen molar-refractivity contribution in [1.82, 2.24) is 29.9 Å². The van der Waals surface area contributed by atoms with Crippen molar-refractivity contribution in [1.29, 1.82) is 0 Å². The Balaban J connectivity index is 0.911. The summed E-state index contributed by atoms with van der Waals surface area (Å²) in [5.74, 6) is 1.92. The van der Waals surface area contributed by atoms with E-state index in [9.17, 15) is 0 Å². The molecule has 0 atom stereocenters. The van der Waals surface area contributed by atoms with Gasteiger partial charge < -0.3 is 0 Å². The topological polar surface area (TPSA) is 77.3 Å². The Labute approximate surface area is 348 Å². The zero-order valence-electron chi connectivity index (χ0n) is 32.5. The van der Waals surface area contributed by atoms with Crippen molar-refractivity contribution in [2.75, 3.05) is 0 Å². The van der Waals surface area contributed by atoms with Crippen LogP contribution in [0.25, 0.3) is 101 Å². The third-order valence-electron chi connectivity index (χ3n) is 10.5. The van der Waals surface area contributed by atoms with E-state index >= 15 is 0 Å². The van der Waals surface area contributed by atoms with Crippen LogP contribution in [0.5, 0.6) is 0 Å². The lowest BCUT2D eigenvalue weighted by Gasteiger charge is -2.11. The van der Waals surface area contributed by atoms with Crippen molar-refractivity contribution >= 4 is 0 Å². The number of nitrogens with zero attached hydrogens (tertiary/aromatic N) is 6. The van der Waals surface area contributed by atoms with Gasteiger partial charge in [-0.1, -0.05) is 170 Å². The van der Waals surface area contributed by atoms with Crippen LogP contribution in [-0.2, 0) is 0 Å². The highest BCUT2D eigenvalue weighted by Gasteiger charge is 2.14. The average molecular weight is 769 g/mol. The molecule has 0 aliphatic rings. The van der Waals surface area contributed by atoms with Crippen molar-refractivity contribution in [2.24, 2.45) is 0 Å². The number of aromatic nitrogens is 6. The van der Waals surface area contributed by atoms with E-state index in [1.807, 2.05) is 97.2 Å². The Morgan fingerprint density at radius 1 is 0.217 bits per heavy atom. The Morgan fingerprint density at radius 2 is 0.617 bits per heavy atom. The van der Waals surface area contributed by atoms with E-state index < -0.39 is 0 Å². The van der Waals surface area contributed by atoms with Gasteiger partial charge in [0.05, 0.1) is 22.8 Å². The van der Waals surface area contributed by atoms with E-state index in [1.165, 1.54) is 5.56 Å². The molecule has 0 radical (unpaired) electrons. The van der Waals surface area contributed by atoms with Crippen LogP contribution in [0.3, 0.4) is 0 Å². The molecule has 4 aromatic heterocycles. The first-order valence-corrected chi connectivity index (χ1v) is 19.8. The summed E-state index contributed by atoms with van der Waals surface area (Å²) in [4.78, 5) is 29.2. The molecular weight excluding hydrogens is 733 g/mol. The molecule has 6 aromatic carbocycles. The van der Waals surface area contributed by atoms with Crippen LogP contribution in [0.2, 0.25) is 0 Å². The predicted octanol–water partition coefficient (Wildman–Crippen LogP) is 13.1. The summed E-state index contributed by atoms with van der Waals surface area (Å²) >= 11 is 0. The van der Waals surface area contributed by atoms with Gasteiger partial charge in [0.2, 0.25) is 0 Å². The van der Waals surface area contributed by atoms with Gasteiger partial charge in [0.15, 0.2) is 17.5 Å². The van der Waals surface area contributed by atoms with Crippen molar-refractivity contribution < 1.29 is 0 Å². The third kappa shape index (κ3) is 7.73. The maximum Gasteiger partial charge on any atom is 0.164 e. The number of rotatable bonds is 9. The second-order valence-electron chi connectivity index (χ2n) is 14.4. The summed E-state index contributed by atoms with van der Waals surface area (Å²) in [6, 6.07) is 70.4. The van der Waals surface area contributed by atoms with Crippen LogP contribution in [0, 0.1) is 0 Å². The van der Waals surface area contributed by atoms with Crippen LogP contribution >= 0.6 is 0 Å². The minimum Gasteiger partial charge on any atom is -0.255 e. The van der Waals surface area contributed by atoms with Gasteiger partial charge in [0, 0.05) is 34.6 Å². The summed E-state index contributed by atoms with van der Waals surface area (Å²) in [5, 5.41) is 0. The quantitative estimate of drug-likeness (QED) is 0.145. The van der Waals surface area contributed by atoms with E-state index in [4.69, 9.17) is 24.9 Å². The molecule has 0 N–H and O–H groups in total. The molecule has 0 aliphatic heterocycles. The average Bonchev–Trinajstić information content (AvgIpc) is 3.35. The predicted molar refractivity (Wildman–Crippen MR) is 242 cm³/mol. The van der Waals surface area contributed by atoms with Gasteiger partial charge in [-0.25, -0.2) is 19.9 Å². The molecule has 10 aromatic rings. The maximum atomic E-state index is 5.05. The Bertz CT molecular complexity index is 2970. The zero-order valence-corrected chi connectivity index (χ0v) is 32.5. The number of benzene rings is 6. The second-order valence-corrected chi connectivity index (χ2v) is 14.4. The fraction of sp³-hybridized carbons (Fsp3) is 0. The molecule has 6 nitrogen and oxygen atoms in total. The van der Waals surface area contributed by atoms with Crippen molar-refractivity contribution in [2.45, 2.75) is 0 Å². The summed E-state index contributed by atoms with van der Waals surface area (Å²) in [5.41, 5.74) is 14.8. The third-order valence-corrected chi connectivity index (χ3v) is 10.5. The van der Waals surface area contributed by atoms with E-state index in [0.717, 1.165) is 78.4 Å². The SMILES string of the molecule is c1ccc(-c2cccc(-c3cc(-c4ccccn4)nc(-c4ccc(-c5ccc(-c6ccc(-c7nc(-c8ccccc8)nc(-c8ccccc8)n7)cc6)cc5)cn4)c3)c2)cc1. The van der Waals surface area contributed by atoms with Crippen molar-refractivity contribution in [3.63, 3.8) is 0 Å². The number of hydrogen-bond donors (Lipinski definition) is 0. The lowest BCUT2D eigenvalue weighted by molar-refractivity contribution is 1.07. The highest BCUT2D eigenvalue weighted by Crippen LogP contribution is 2.33. The molecular formula is C54H36N6.